The molecule has 1 unspecified atom stereocenters. The van der Waals surface area contributed by atoms with Crippen molar-refractivity contribution in [3.05, 3.63) is 77.9 Å². The molecular weight excluding hydrogens is 464 g/mol. The van der Waals surface area contributed by atoms with Crippen molar-refractivity contribution in [1.29, 1.82) is 0 Å². The summed E-state index contributed by atoms with van der Waals surface area (Å²) in [5.74, 6) is 0.775. The van der Waals surface area contributed by atoms with Crippen molar-refractivity contribution in [2.75, 3.05) is 25.9 Å². The lowest BCUT2D eigenvalue weighted by molar-refractivity contribution is -0.122. The molecular formula is C27H24N2O7. The van der Waals surface area contributed by atoms with Crippen LogP contribution >= 0.6 is 0 Å². The van der Waals surface area contributed by atoms with E-state index in [0.717, 1.165) is 10.5 Å². The third-order valence-corrected chi connectivity index (χ3v) is 6.19. The molecule has 0 aromatic heterocycles. The Morgan fingerprint density at radius 2 is 1.69 bits per heavy atom. The molecule has 0 bridgehead atoms. The number of amides is 3. The first kappa shape index (κ1) is 23.2. The fraction of sp³-hybridized carbons (Fsp3) is 0.222. The van der Waals surface area contributed by atoms with E-state index in [1.54, 1.807) is 66.7 Å². The number of methoxy groups -OCH3 is 2. The zero-order valence-corrected chi connectivity index (χ0v) is 19.8. The summed E-state index contributed by atoms with van der Waals surface area (Å²) in [4.78, 5) is 42.8. The van der Waals surface area contributed by atoms with Gasteiger partial charge in [0.1, 0.15) is 6.04 Å². The van der Waals surface area contributed by atoms with E-state index in [0.29, 0.717) is 34.2 Å². The quantitative estimate of drug-likeness (QED) is 0.471. The van der Waals surface area contributed by atoms with Crippen LogP contribution in [0, 0.1) is 0 Å². The third kappa shape index (κ3) is 4.19. The molecule has 0 radical (unpaired) electrons. The number of hydrogen-bond acceptors (Lipinski definition) is 7. The molecule has 0 spiro atoms. The van der Waals surface area contributed by atoms with Gasteiger partial charge in [0.2, 0.25) is 12.7 Å². The van der Waals surface area contributed by atoms with Gasteiger partial charge in [-0.15, -0.1) is 0 Å². The summed E-state index contributed by atoms with van der Waals surface area (Å²) in [6.45, 7) is 0.199. The fourth-order valence-electron chi connectivity index (χ4n) is 4.40. The molecule has 184 valence electrons. The van der Waals surface area contributed by atoms with Crippen LogP contribution < -0.4 is 23.8 Å². The minimum atomic E-state index is -0.983. The summed E-state index contributed by atoms with van der Waals surface area (Å²) >= 11 is 0. The van der Waals surface area contributed by atoms with Crippen LogP contribution in [0.1, 0.15) is 22.3 Å². The fourth-order valence-corrected chi connectivity index (χ4v) is 4.40. The number of carbonyl (C=O) groups is 3. The highest BCUT2D eigenvalue weighted by molar-refractivity contribution is 6.23. The molecule has 3 aromatic rings. The van der Waals surface area contributed by atoms with Crippen LogP contribution in [-0.2, 0) is 16.1 Å². The Kier molecular flexibility index (Phi) is 6.20. The molecule has 0 N–H and O–H groups in total. The summed E-state index contributed by atoms with van der Waals surface area (Å²) in [6, 6.07) is 17.8. The standard InChI is InChI=1S/C27H24N2O7/c1-33-21-11-9-18(13-23(21)34-2)26(31)28(15-17-8-10-22-24(12-17)36-16-35-22)20-14-25(30)29(27(20)32)19-6-4-3-5-7-19/h3-13,20H,14-16H2,1-2H3. The molecule has 2 heterocycles. The van der Waals surface area contributed by atoms with Crippen molar-refractivity contribution < 1.29 is 33.3 Å². The first-order valence-electron chi connectivity index (χ1n) is 11.3. The summed E-state index contributed by atoms with van der Waals surface area (Å²) in [5.41, 5.74) is 1.50. The molecule has 1 saturated heterocycles. The smallest absolute Gasteiger partial charge is 0.257 e. The zero-order valence-electron chi connectivity index (χ0n) is 19.8. The number of hydrogen-bond donors (Lipinski definition) is 0. The number of anilines is 1. The van der Waals surface area contributed by atoms with E-state index in [-0.39, 0.29) is 25.7 Å². The molecule has 9 heteroatoms. The van der Waals surface area contributed by atoms with E-state index >= 15 is 0 Å². The van der Waals surface area contributed by atoms with Crippen LogP contribution in [0.3, 0.4) is 0 Å². The summed E-state index contributed by atoms with van der Waals surface area (Å²) in [6.07, 6.45) is -0.128. The molecule has 1 atom stereocenters. The largest absolute Gasteiger partial charge is 0.493 e. The van der Waals surface area contributed by atoms with Gasteiger partial charge in [-0.2, -0.15) is 0 Å². The SMILES string of the molecule is COc1ccc(C(=O)N(Cc2ccc3c(c2)OCO3)C2CC(=O)N(c3ccccc3)C2=O)cc1OC. The van der Waals surface area contributed by atoms with Gasteiger partial charge >= 0.3 is 0 Å². The number of rotatable bonds is 7. The second-order valence-corrected chi connectivity index (χ2v) is 8.31. The van der Waals surface area contributed by atoms with Crippen LogP contribution in [0.5, 0.6) is 23.0 Å². The van der Waals surface area contributed by atoms with Crippen molar-refractivity contribution in [3.8, 4) is 23.0 Å². The number of para-hydroxylation sites is 1. The maximum Gasteiger partial charge on any atom is 0.257 e. The monoisotopic (exact) mass is 488 g/mol. The second-order valence-electron chi connectivity index (χ2n) is 8.31. The zero-order chi connectivity index (χ0) is 25.2. The number of nitrogens with zero attached hydrogens (tertiary/aromatic N) is 2. The molecule has 36 heavy (non-hydrogen) atoms. The summed E-state index contributed by atoms with van der Waals surface area (Å²) in [5, 5.41) is 0. The van der Waals surface area contributed by atoms with Gasteiger partial charge in [-0.3, -0.25) is 14.4 Å². The molecule has 3 amide bonds. The first-order chi connectivity index (χ1) is 17.5. The van der Waals surface area contributed by atoms with E-state index in [1.807, 2.05) is 0 Å². The molecule has 3 aromatic carbocycles. The maximum atomic E-state index is 13.8. The average Bonchev–Trinajstić information content (AvgIpc) is 3.49. The van der Waals surface area contributed by atoms with Crippen molar-refractivity contribution in [1.82, 2.24) is 4.90 Å². The highest BCUT2D eigenvalue weighted by atomic mass is 16.7. The summed E-state index contributed by atoms with van der Waals surface area (Å²) in [7, 11) is 2.99. The Morgan fingerprint density at radius 1 is 0.944 bits per heavy atom. The van der Waals surface area contributed by atoms with E-state index in [2.05, 4.69) is 0 Å². The third-order valence-electron chi connectivity index (χ3n) is 6.19. The highest BCUT2D eigenvalue weighted by Crippen LogP contribution is 2.35. The first-order valence-corrected chi connectivity index (χ1v) is 11.3. The minimum Gasteiger partial charge on any atom is -0.493 e. The highest BCUT2D eigenvalue weighted by Gasteiger charge is 2.44. The second kappa shape index (κ2) is 9.61. The van der Waals surface area contributed by atoms with Crippen molar-refractivity contribution >= 4 is 23.4 Å². The van der Waals surface area contributed by atoms with E-state index < -0.39 is 17.9 Å². The Morgan fingerprint density at radius 3 is 2.44 bits per heavy atom. The van der Waals surface area contributed by atoms with Crippen LogP contribution in [0.25, 0.3) is 0 Å². The Hall–Kier alpha value is -4.53. The van der Waals surface area contributed by atoms with Gasteiger partial charge in [0.25, 0.3) is 11.8 Å². The molecule has 2 aliphatic heterocycles. The lowest BCUT2D eigenvalue weighted by atomic mass is 10.1. The van der Waals surface area contributed by atoms with Crippen molar-refractivity contribution in [2.45, 2.75) is 19.0 Å². The predicted octanol–water partition coefficient (Wildman–Crippen LogP) is 3.41. The molecule has 0 saturated carbocycles. The molecule has 9 nitrogen and oxygen atoms in total. The van der Waals surface area contributed by atoms with E-state index in [1.165, 1.54) is 19.1 Å². The van der Waals surface area contributed by atoms with Gasteiger partial charge < -0.3 is 23.8 Å². The van der Waals surface area contributed by atoms with Gasteiger partial charge in [-0.25, -0.2) is 4.90 Å². The average molecular weight is 488 g/mol. The van der Waals surface area contributed by atoms with Gasteiger partial charge in [-0.05, 0) is 48.0 Å². The normalized spacial score (nSPS) is 16.3. The van der Waals surface area contributed by atoms with Crippen LogP contribution in [0.4, 0.5) is 5.69 Å². The lowest BCUT2D eigenvalue weighted by Gasteiger charge is -2.28. The van der Waals surface area contributed by atoms with Gasteiger partial charge in [0.05, 0.1) is 26.3 Å². The van der Waals surface area contributed by atoms with E-state index in [4.69, 9.17) is 18.9 Å². The molecule has 0 aliphatic carbocycles. The number of benzene rings is 3. The Labute approximate surface area is 207 Å². The Balaban J connectivity index is 1.51. The number of imide groups is 1. The number of ether oxygens (including phenoxy) is 4. The Bertz CT molecular complexity index is 1320. The molecule has 5 rings (SSSR count). The van der Waals surface area contributed by atoms with Gasteiger partial charge in [0.15, 0.2) is 23.0 Å². The van der Waals surface area contributed by atoms with E-state index in [9.17, 15) is 14.4 Å². The maximum absolute atomic E-state index is 13.8. The minimum absolute atomic E-state index is 0.0795. The van der Waals surface area contributed by atoms with Crippen molar-refractivity contribution in [2.24, 2.45) is 0 Å². The topological polar surface area (TPSA) is 94.6 Å². The van der Waals surface area contributed by atoms with Gasteiger partial charge in [-0.1, -0.05) is 24.3 Å². The lowest BCUT2D eigenvalue weighted by Crippen LogP contribution is -2.45. The van der Waals surface area contributed by atoms with Crippen LogP contribution in [0.2, 0.25) is 0 Å². The predicted molar refractivity (Wildman–Crippen MR) is 129 cm³/mol. The summed E-state index contributed by atoms with van der Waals surface area (Å²) < 4.78 is 21.5. The number of carbonyl (C=O) groups excluding carboxylic acids is 3. The van der Waals surface area contributed by atoms with Crippen LogP contribution in [-0.4, -0.2) is 49.7 Å². The van der Waals surface area contributed by atoms with Crippen LogP contribution in [0.15, 0.2) is 66.7 Å². The number of fused-ring (bicyclic) bond motifs is 1. The molecule has 2 aliphatic rings. The molecule has 1 fully saturated rings. The van der Waals surface area contributed by atoms with Gasteiger partial charge in [0, 0.05) is 12.1 Å². The van der Waals surface area contributed by atoms with Crippen molar-refractivity contribution in [3.63, 3.8) is 0 Å².